The molecule has 2 atom stereocenters. The summed E-state index contributed by atoms with van der Waals surface area (Å²) in [6, 6.07) is 22.3. The Bertz CT molecular complexity index is 1180. The number of rotatable bonds is 3. The number of para-hydroxylation sites is 1. The van der Waals surface area contributed by atoms with Crippen LogP contribution in [0.2, 0.25) is 0 Å². The summed E-state index contributed by atoms with van der Waals surface area (Å²) in [7, 11) is 1.67. The molecular weight excluding hydrogens is 392 g/mol. The van der Waals surface area contributed by atoms with Gasteiger partial charge in [0, 0.05) is 23.1 Å². The lowest BCUT2D eigenvalue weighted by molar-refractivity contribution is -0.0191. The fraction of sp³-hybridized carbons (Fsp3) is 0.240. The van der Waals surface area contributed by atoms with E-state index in [1.54, 1.807) is 7.11 Å². The van der Waals surface area contributed by atoms with E-state index in [0.717, 1.165) is 51.8 Å². The van der Waals surface area contributed by atoms with Crippen molar-refractivity contribution >= 4 is 5.71 Å². The molecule has 0 saturated heterocycles. The van der Waals surface area contributed by atoms with E-state index >= 15 is 0 Å². The average molecular weight is 414 g/mol. The number of hydrazone groups is 1. The normalized spacial score (nSPS) is 20.9. The molecule has 6 nitrogen and oxygen atoms in total. The summed E-state index contributed by atoms with van der Waals surface area (Å²) in [5.41, 5.74) is 4.21. The fourth-order valence-electron chi connectivity index (χ4n) is 4.45. The van der Waals surface area contributed by atoms with E-state index in [-0.39, 0.29) is 12.3 Å². The zero-order valence-corrected chi connectivity index (χ0v) is 17.2. The zero-order chi connectivity index (χ0) is 20.8. The number of benzene rings is 3. The molecule has 0 amide bonds. The van der Waals surface area contributed by atoms with Gasteiger partial charge in [0.1, 0.15) is 24.7 Å². The first-order valence-electron chi connectivity index (χ1n) is 10.5. The highest BCUT2D eigenvalue weighted by Crippen LogP contribution is 2.48. The quantitative estimate of drug-likeness (QED) is 0.621. The third-order valence-corrected chi connectivity index (χ3v) is 5.95. The summed E-state index contributed by atoms with van der Waals surface area (Å²) in [6.07, 6.45) is 0.463. The molecule has 0 unspecified atom stereocenters. The Morgan fingerprint density at radius 2 is 1.77 bits per heavy atom. The van der Waals surface area contributed by atoms with Gasteiger partial charge in [0.25, 0.3) is 0 Å². The van der Waals surface area contributed by atoms with Crippen LogP contribution in [0, 0.1) is 0 Å². The summed E-state index contributed by atoms with van der Waals surface area (Å²) in [6.45, 7) is 1.15. The standard InChI is InChI=1S/C25H22N2O4/c1-28-18-6-4-5-17(13-18)25-27-21(19-7-2-3-8-22(19)31-25)15-20(26-27)16-9-10-23-24(14-16)30-12-11-29-23/h2-10,13-14,21,25H,11-12,15H2,1H3/t21-,25-/m0/s1. The molecule has 3 aliphatic rings. The third kappa shape index (κ3) is 3.06. The Balaban J connectivity index is 1.41. The lowest BCUT2D eigenvalue weighted by Crippen LogP contribution is -2.33. The Morgan fingerprint density at radius 1 is 0.903 bits per heavy atom. The third-order valence-electron chi connectivity index (χ3n) is 5.95. The number of hydrogen-bond acceptors (Lipinski definition) is 6. The maximum Gasteiger partial charge on any atom is 0.214 e. The van der Waals surface area contributed by atoms with Crippen LogP contribution in [0.15, 0.2) is 71.8 Å². The van der Waals surface area contributed by atoms with Crippen LogP contribution in [0.1, 0.15) is 35.4 Å². The van der Waals surface area contributed by atoms with Crippen LogP contribution in [0.4, 0.5) is 0 Å². The van der Waals surface area contributed by atoms with Gasteiger partial charge in [0.05, 0.1) is 18.9 Å². The van der Waals surface area contributed by atoms with Gasteiger partial charge >= 0.3 is 0 Å². The molecule has 0 radical (unpaired) electrons. The Labute approximate surface area is 180 Å². The molecule has 0 fully saturated rings. The highest BCUT2D eigenvalue weighted by Gasteiger charge is 2.41. The predicted molar refractivity (Wildman–Crippen MR) is 116 cm³/mol. The molecular formula is C25H22N2O4. The van der Waals surface area contributed by atoms with Gasteiger partial charge in [-0.25, -0.2) is 5.01 Å². The first kappa shape index (κ1) is 18.1. The van der Waals surface area contributed by atoms with Gasteiger partial charge in [0.15, 0.2) is 11.5 Å². The van der Waals surface area contributed by atoms with Crippen molar-refractivity contribution in [1.82, 2.24) is 5.01 Å². The minimum atomic E-state index is -0.329. The van der Waals surface area contributed by atoms with Crippen LogP contribution in [0.5, 0.6) is 23.0 Å². The lowest BCUT2D eigenvalue weighted by Gasteiger charge is -2.38. The van der Waals surface area contributed by atoms with Crippen LogP contribution < -0.4 is 18.9 Å². The lowest BCUT2D eigenvalue weighted by atomic mass is 9.95. The number of fused-ring (bicyclic) bond motifs is 4. The van der Waals surface area contributed by atoms with Crippen LogP contribution in [-0.2, 0) is 0 Å². The van der Waals surface area contributed by atoms with Gasteiger partial charge in [-0.3, -0.25) is 0 Å². The van der Waals surface area contributed by atoms with E-state index in [9.17, 15) is 0 Å². The number of hydrogen-bond donors (Lipinski definition) is 0. The maximum atomic E-state index is 6.42. The van der Waals surface area contributed by atoms with Gasteiger partial charge in [-0.2, -0.15) is 5.10 Å². The first-order valence-corrected chi connectivity index (χ1v) is 10.5. The summed E-state index contributed by atoms with van der Waals surface area (Å²) in [4.78, 5) is 0. The largest absolute Gasteiger partial charge is 0.497 e. The van der Waals surface area contributed by atoms with Crippen LogP contribution in [0.3, 0.4) is 0 Å². The van der Waals surface area contributed by atoms with Crippen molar-refractivity contribution in [3.63, 3.8) is 0 Å². The summed E-state index contributed by atoms with van der Waals surface area (Å²) < 4.78 is 23.3. The molecule has 3 aliphatic heterocycles. The van der Waals surface area contributed by atoms with Crippen molar-refractivity contribution in [3.8, 4) is 23.0 Å². The molecule has 6 heteroatoms. The average Bonchev–Trinajstić information content (AvgIpc) is 3.29. The molecule has 0 spiro atoms. The number of ether oxygens (including phenoxy) is 4. The van der Waals surface area contributed by atoms with E-state index in [1.807, 2.05) is 48.5 Å². The van der Waals surface area contributed by atoms with Gasteiger partial charge in [-0.15, -0.1) is 0 Å². The van der Waals surface area contributed by atoms with Crippen molar-refractivity contribution < 1.29 is 18.9 Å². The van der Waals surface area contributed by atoms with E-state index in [4.69, 9.17) is 24.0 Å². The Morgan fingerprint density at radius 3 is 2.68 bits per heavy atom. The molecule has 0 aromatic heterocycles. The van der Waals surface area contributed by atoms with E-state index in [1.165, 1.54) is 0 Å². The Kier molecular flexibility index (Phi) is 4.23. The van der Waals surface area contributed by atoms with Crippen LogP contribution in [-0.4, -0.2) is 31.0 Å². The monoisotopic (exact) mass is 414 g/mol. The second kappa shape index (κ2) is 7.23. The second-order valence-corrected chi connectivity index (χ2v) is 7.79. The first-order chi connectivity index (χ1) is 15.3. The smallest absolute Gasteiger partial charge is 0.214 e. The minimum absolute atomic E-state index is 0.101. The van der Waals surface area contributed by atoms with Gasteiger partial charge in [-0.1, -0.05) is 30.3 Å². The molecule has 0 bridgehead atoms. The highest BCUT2D eigenvalue weighted by atomic mass is 16.6. The van der Waals surface area contributed by atoms with Gasteiger partial charge < -0.3 is 18.9 Å². The molecule has 0 saturated carbocycles. The molecule has 3 aromatic carbocycles. The maximum absolute atomic E-state index is 6.42. The highest BCUT2D eigenvalue weighted by molar-refractivity contribution is 6.02. The molecule has 6 rings (SSSR count). The van der Waals surface area contributed by atoms with Crippen molar-refractivity contribution in [3.05, 3.63) is 83.4 Å². The van der Waals surface area contributed by atoms with E-state index in [0.29, 0.717) is 13.2 Å². The summed E-state index contributed by atoms with van der Waals surface area (Å²) >= 11 is 0. The van der Waals surface area contributed by atoms with E-state index < -0.39 is 0 Å². The summed E-state index contributed by atoms with van der Waals surface area (Å²) in [5, 5.41) is 7.10. The molecule has 156 valence electrons. The Hall–Kier alpha value is -3.67. The minimum Gasteiger partial charge on any atom is -0.497 e. The van der Waals surface area contributed by atoms with Crippen molar-refractivity contribution in [2.45, 2.75) is 18.7 Å². The van der Waals surface area contributed by atoms with Crippen molar-refractivity contribution in [2.24, 2.45) is 5.10 Å². The van der Waals surface area contributed by atoms with Gasteiger partial charge in [-0.05, 0) is 36.4 Å². The van der Waals surface area contributed by atoms with Crippen molar-refractivity contribution in [1.29, 1.82) is 0 Å². The van der Waals surface area contributed by atoms with Crippen LogP contribution in [0.25, 0.3) is 0 Å². The topological polar surface area (TPSA) is 52.5 Å². The zero-order valence-electron chi connectivity index (χ0n) is 17.2. The SMILES string of the molecule is COc1cccc([C@@H]2Oc3ccccc3[C@@H]3CC(c4ccc5c(c4)OCCO5)=NN32)c1. The molecule has 3 heterocycles. The predicted octanol–water partition coefficient (Wildman–Crippen LogP) is 4.71. The fourth-order valence-corrected chi connectivity index (χ4v) is 4.45. The number of nitrogens with zero attached hydrogens (tertiary/aromatic N) is 2. The molecule has 0 N–H and O–H groups in total. The van der Waals surface area contributed by atoms with E-state index in [2.05, 4.69) is 23.2 Å². The van der Waals surface area contributed by atoms with Crippen LogP contribution >= 0.6 is 0 Å². The summed E-state index contributed by atoms with van der Waals surface area (Å²) in [5.74, 6) is 3.26. The molecule has 3 aromatic rings. The second-order valence-electron chi connectivity index (χ2n) is 7.79. The molecule has 0 aliphatic carbocycles. The van der Waals surface area contributed by atoms with Crippen molar-refractivity contribution in [2.75, 3.05) is 20.3 Å². The number of methoxy groups -OCH3 is 1. The molecule has 31 heavy (non-hydrogen) atoms. The van der Waals surface area contributed by atoms with Gasteiger partial charge in [0.2, 0.25) is 6.23 Å².